The summed E-state index contributed by atoms with van der Waals surface area (Å²) in [6.07, 6.45) is 2.56. The molecule has 1 saturated heterocycles. The number of aliphatic imine (C=N–C) groups is 1. The van der Waals surface area contributed by atoms with Crippen molar-refractivity contribution in [1.82, 2.24) is 30.3 Å². The Bertz CT molecular complexity index is 745. The zero-order chi connectivity index (χ0) is 19.9. The number of thiophene rings is 1. The Kier molecular flexibility index (Phi) is 7.44. The molecule has 0 spiro atoms. The quantitative estimate of drug-likeness (QED) is 0.549. The Labute approximate surface area is 172 Å². The van der Waals surface area contributed by atoms with Crippen LogP contribution in [-0.2, 0) is 13.6 Å². The van der Waals surface area contributed by atoms with E-state index in [0.717, 1.165) is 49.7 Å². The molecule has 0 aliphatic carbocycles. The van der Waals surface area contributed by atoms with E-state index in [4.69, 9.17) is 4.99 Å². The maximum Gasteiger partial charge on any atom is 0.191 e. The van der Waals surface area contributed by atoms with Gasteiger partial charge >= 0.3 is 0 Å². The molecule has 1 fully saturated rings. The minimum atomic E-state index is 0.383. The van der Waals surface area contributed by atoms with Crippen molar-refractivity contribution >= 4 is 17.3 Å². The summed E-state index contributed by atoms with van der Waals surface area (Å²) in [7, 11) is 1.98. The van der Waals surface area contributed by atoms with Crippen molar-refractivity contribution < 1.29 is 0 Å². The highest BCUT2D eigenvalue weighted by molar-refractivity contribution is 7.10. The number of guanidine groups is 1. The van der Waals surface area contributed by atoms with Gasteiger partial charge < -0.3 is 15.2 Å². The van der Waals surface area contributed by atoms with E-state index in [0.29, 0.717) is 12.6 Å². The number of hydrogen-bond acceptors (Lipinski definition) is 5. The molecule has 2 N–H and O–H groups in total. The second-order valence-electron chi connectivity index (χ2n) is 7.55. The summed E-state index contributed by atoms with van der Waals surface area (Å²) in [4.78, 5) is 8.76. The van der Waals surface area contributed by atoms with Crippen molar-refractivity contribution in [1.29, 1.82) is 0 Å². The molecule has 2 aromatic heterocycles. The Morgan fingerprint density at radius 3 is 2.71 bits per heavy atom. The number of rotatable bonds is 7. The van der Waals surface area contributed by atoms with Crippen molar-refractivity contribution in [3.8, 4) is 0 Å². The lowest BCUT2D eigenvalue weighted by atomic mass is 9.97. The number of aryl methyl sites for hydroxylation is 1. The summed E-state index contributed by atoms with van der Waals surface area (Å²) in [6, 6.07) is 4.78. The first-order chi connectivity index (χ1) is 13.6. The average Bonchev–Trinajstić information content (AvgIpc) is 3.33. The van der Waals surface area contributed by atoms with E-state index in [-0.39, 0.29) is 0 Å². The summed E-state index contributed by atoms with van der Waals surface area (Å²) >= 11 is 1.84. The highest BCUT2D eigenvalue weighted by Gasteiger charge is 2.25. The number of hydrogen-bond donors (Lipinski definition) is 2. The van der Waals surface area contributed by atoms with Gasteiger partial charge in [0, 0.05) is 25.0 Å². The standard InChI is InChI=1S/C20H33N7S/c1-5-21-20(23-14-19-25-24-16(3)26(19)4)22-13-17(18-7-6-12-28-18)27-10-8-15(2)9-11-27/h6-7,12,15,17H,5,8-11,13-14H2,1-4H3,(H2,21,22,23). The molecule has 0 saturated carbocycles. The van der Waals surface area contributed by atoms with Gasteiger partial charge in [0.2, 0.25) is 0 Å². The molecule has 8 heteroatoms. The molecule has 0 bridgehead atoms. The van der Waals surface area contributed by atoms with E-state index in [2.05, 4.69) is 57.1 Å². The van der Waals surface area contributed by atoms with Gasteiger partial charge in [-0.25, -0.2) is 4.99 Å². The lowest BCUT2D eigenvalue weighted by molar-refractivity contribution is 0.140. The first kappa shape index (κ1) is 20.8. The predicted molar refractivity (Wildman–Crippen MR) is 116 cm³/mol. The van der Waals surface area contributed by atoms with Gasteiger partial charge in [-0.2, -0.15) is 0 Å². The third-order valence-electron chi connectivity index (χ3n) is 5.50. The van der Waals surface area contributed by atoms with Crippen molar-refractivity contribution in [2.45, 2.75) is 46.2 Å². The fraction of sp³-hybridized carbons (Fsp3) is 0.650. The Hall–Kier alpha value is -1.93. The van der Waals surface area contributed by atoms with Crippen LogP contribution in [0, 0.1) is 12.8 Å². The lowest BCUT2D eigenvalue weighted by Crippen LogP contribution is -2.45. The summed E-state index contributed by atoms with van der Waals surface area (Å²) in [5.41, 5.74) is 0. The van der Waals surface area contributed by atoms with E-state index < -0.39 is 0 Å². The van der Waals surface area contributed by atoms with Crippen LogP contribution in [0.25, 0.3) is 0 Å². The van der Waals surface area contributed by atoms with E-state index in [1.54, 1.807) is 0 Å². The SMILES string of the molecule is CCNC(=NCc1nnc(C)n1C)NCC(c1cccs1)N1CCC(C)CC1. The highest BCUT2D eigenvalue weighted by atomic mass is 32.1. The molecule has 1 aliphatic heterocycles. The topological polar surface area (TPSA) is 70.4 Å². The highest BCUT2D eigenvalue weighted by Crippen LogP contribution is 2.29. The fourth-order valence-corrected chi connectivity index (χ4v) is 4.37. The van der Waals surface area contributed by atoms with Gasteiger partial charge in [0.1, 0.15) is 12.4 Å². The van der Waals surface area contributed by atoms with Crippen LogP contribution in [0.3, 0.4) is 0 Å². The molecule has 7 nitrogen and oxygen atoms in total. The van der Waals surface area contributed by atoms with Crippen LogP contribution in [0.15, 0.2) is 22.5 Å². The molecule has 3 rings (SSSR count). The molecule has 1 unspecified atom stereocenters. The van der Waals surface area contributed by atoms with Crippen LogP contribution >= 0.6 is 11.3 Å². The number of piperidine rings is 1. The monoisotopic (exact) mass is 403 g/mol. The molecular formula is C20H33N7S. The smallest absolute Gasteiger partial charge is 0.191 e. The van der Waals surface area contributed by atoms with E-state index in [9.17, 15) is 0 Å². The summed E-state index contributed by atoms with van der Waals surface area (Å²) in [5, 5.41) is 17.4. The Morgan fingerprint density at radius 2 is 2.11 bits per heavy atom. The summed E-state index contributed by atoms with van der Waals surface area (Å²) in [5.74, 6) is 3.44. The number of nitrogens with one attached hydrogen (secondary N) is 2. The summed E-state index contributed by atoms with van der Waals surface area (Å²) in [6.45, 7) is 10.9. The lowest BCUT2D eigenvalue weighted by Gasteiger charge is -2.36. The van der Waals surface area contributed by atoms with Crippen molar-refractivity contribution in [2.24, 2.45) is 18.0 Å². The third kappa shape index (κ3) is 5.32. The van der Waals surface area contributed by atoms with Crippen molar-refractivity contribution in [3.63, 3.8) is 0 Å². The first-order valence-electron chi connectivity index (χ1n) is 10.2. The fourth-order valence-electron chi connectivity index (χ4n) is 3.50. The van der Waals surface area contributed by atoms with Crippen LogP contribution in [0.4, 0.5) is 0 Å². The van der Waals surface area contributed by atoms with E-state index in [1.807, 2.05) is 29.9 Å². The van der Waals surface area contributed by atoms with Gasteiger partial charge in [-0.15, -0.1) is 21.5 Å². The van der Waals surface area contributed by atoms with Crippen LogP contribution in [0.2, 0.25) is 0 Å². The zero-order valence-corrected chi connectivity index (χ0v) is 18.3. The van der Waals surface area contributed by atoms with Gasteiger partial charge in [-0.05, 0) is 57.1 Å². The second-order valence-corrected chi connectivity index (χ2v) is 8.53. The largest absolute Gasteiger partial charge is 0.357 e. The molecular weight excluding hydrogens is 370 g/mol. The minimum absolute atomic E-state index is 0.383. The molecule has 0 aromatic carbocycles. The van der Waals surface area contributed by atoms with Crippen LogP contribution in [0.1, 0.15) is 49.3 Å². The van der Waals surface area contributed by atoms with Gasteiger partial charge in [0.25, 0.3) is 0 Å². The van der Waals surface area contributed by atoms with Crippen LogP contribution < -0.4 is 10.6 Å². The van der Waals surface area contributed by atoms with E-state index in [1.165, 1.54) is 17.7 Å². The minimum Gasteiger partial charge on any atom is -0.357 e. The molecule has 2 aromatic rings. The third-order valence-corrected chi connectivity index (χ3v) is 6.47. The zero-order valence-electron chi connectivity index (χ0n) is 17.5. The second kappa shape index (κ2) is 10.0. The maximum atomic E-state index is 4.72. The maximum absolute atomic E-state index is 4.72. The molecule has 28 heavy (non-hydrogen) atoms. The predicted octanol–water partition coefficient (Wildman–Crippen LogP) is 2.71. The Morgan fingerprint density at radius 1 is 1.32 bits per heavy atom. The number of nitrogens with zero attached hydrogens (tertiary/aromatic N) is 5. The van der Waals surface area contributed by atoms with Gasteiger partial charge in [-0.3, -0.25) is 4.90 Å². The van der Waals surface area contributed by atoms with Crippen molar-refractivity contribution in [3.05, 3.63) is 34.0 Å². The Balaban J connectivity index is 1.66. The summed E-state index contributed by atoms with van der Waals surface area (Å²) < 4.78 is 1.98. The number of likely N-dealkylation sites (tertiary alicyclic amines) is 1. The average molecular weight is 404 g/mol. The molecule has 154 valence electrons. The van der Waals surface area contributed by atoms with Gasteiger partial charge in [0.15, 0.2) is 11.8 Å². The van der Waals surface area contributed by atoms with Gasteiger partial charge in [-0.1, -0.05) is 13.0 Å². The van der Waals surface area contributed by atoms with Crippen molar-refractivity contribution in [2.75, 3.05) is 26.2 Å². The van der Waals surface area contributed by atoms with Gasteiger partial charge in [0.05, 0.1) is 6.04 Å². The number of aromatic nitrogens is 3. The molecule has 0 radical (unpaired) electrons. The molecule has 0 amide bonds. The van der Waals surface area contributed by atoms with Crippen LogP contribution in [-0.4, -0.2) is 51.8 Å². The van der Waals surface area contributed by atoms with E-state index >= 15 is 0 Å². The van der Waals surface area contributed by atoms with Crippen LogP contribution in [0.5, 0.6) is 0 Å². The first-order valence-corrected chi connectivity index (χ1v) is 11.1. The molecule has 1 atom stereocenters. The normalized spacial score (nSPS) is 17.6. The molecule has 1 aliphatic rings. The molecule has 3 heterocycles.